The van der Waals surface area contributed by atoms with E-state index in [9.17, 15) is 0 Å². The molecular formula is C72H44N2O3. The molecule has 1 atom stereocenters. The van der Waals surface area contributed by atoms with Crippen molar-refractivity contribution in [2.24, 2.45) is 9.98 Å². The first-order valence-electron chi connectivity index (χ1n) is 26.2. The molecule has 0 spiro atoms. The molecule has 0 saturated heterocycles. The van der Waals surface area contributed by atoms with Gasteiger partial charge in [-0.05, 0) is 163 Å². The maximum atomic E-state index is 6.66. The van der Waals surface area contributed by atoms with E-state index in [0.717, 1.165) is 122 Å². The second-order valence-electron chi connectivity index (χ2n) is 20.4. The van der Waals surface area contributed by atoms with E-state index in [2.05, 4.69) is 225 Å². The summed E-state index contributed by atoms with van der Waals surface area (Å²) in [6.07, 6.45) is 2.20. The van der Waals surface area contributed by atoms with Crippen LogP contribution in [0, 0.1) is 0 Å². The lowest BCUT2D eigenvalue weighted by Gasteiger charge is -2.16. The predicted octanol–water partition coefficient (Wildman–Crippen LogP) is 19.8. The van der Waals surface area contributed by atoms with E-state index in [1.54, 1.807) is 0 Å². The van der Waals surface area contributed by atoms with E-state index in [4.69, 9.17) is 23.2 Å². The van der Waals surface area contributed by atoms with Crippen LogP contribution in [0.5, 0.6) is 0 Å². The van der Waals surface area contributed by atoms with Crippen LogP contribution in [0.1, 0.15) is 29.7 Å². The molecule has 15 aromatic rings. The molecule has 0 aliphatic carbocycles. The lowest BCUT2D eigenvalue weighted by molar-refractivity contribution is 0.668. The molecule has 3 aromatic heterocycles. The Morgan fingerprint density at radius 2 is 0.714 bits per heavy atom. The van der Waals surface area contributed by atoms with Crippen LogP contribution < -0.4 is 0 Å². The first-order chi connectivity index (χ1) is 38.0. The van der Waals surface area contributed by atoms with Crippen LogP contribution >= 0.6 is 0 Å². The van der Waals surface area contributed by atoms with Crippen LogP contribution in [0.4, 0.5) is 0 Å². The van der Waals surface area contributed by atoms with E-state index < -0.39 is 6.04 Å². The molecule has 4 heterocycles. The van der Waals surface area contributed by atoms with Gasteiger partial charge in [-0.1, -0.05) is 164 Å². The number of fused-ring (bicyclic) bond motifs is 15. The highest BCUT2D eigenvalue weighted by molar-refractivity contribution is 6.26. The standard InChI is InChI=1S/C72H44N2O3/c1-42-35-63(49-29-33-59-57-22-7-9-25-65(57)77-69(59)41-49)73-72(74-71(42)60-23-12-26-67-70(60)62-39-47(30-34-66(62)75-67)48-28-32-58-56-21-6-8-24-64(56)76-68(58)40-48)50-16-11-15-45(37-50)43-13-10-14-44(36-43)46-27-31-55-53-19-3-2-17-51(53)52-18-4-5-20-54(52)61(55)38-46/h2-41,71H,1H3. The molecule has 360 valence electrons. The predicted molar refractivity (Wildman–Crippen MR) is 320 cm³/mol. The van der Waals surface area contributed by atoms with Crippen molar-refractivity contribution < 1.29 is 13.3 Å². The van der Waals surface area contributed by atoms with Gasteiger partial charge in [-0.25, -0.2) is 4.99 Å². The van der Waals surface area contributed by atoms with E-state index in [1.165, 1.54) is 37.9 Å². The van der Waals surface area contributed by atoms with Gasteiger partial charge in [-0.3, -0.25) is 4.99 Å². The van der Waals surface area contributed by atoms with Crippen molar-refractivity contribution in [3.8, 4) is 33.4 Å². The summed E-state index contributed by atoms with van der Waals surface area (Å²) in [5.74, 6) is 0.638. The molecule has 1 aliphatic heterocycles. The van der Waals surface area contributed by atoms with Crippen LogP contribution in [-0.4, -0.2) is 11.5 Å². The second-order valence-corrected chi connectivity index (χ2v) is 20.4. The maximum Gasteiger partial charge on any atom is 0.156 e. The molecule has 16 rings (SSSR count). The fraction of sp³-hybridized carbons (Fsp3) is 0.0278. The molecular weight excluding hydrogens is 941 g/mol. The number of allylic oxidation sites excluding steroid dienone is 1. The number of benzene rings is 12. The number of hydrogen-bond acceptors (Lipinski definition) is 5. The SMILES string of the molecule is CC1=CC(c2ccc3c(c2)oc2ccccc23)=NC(c2cccc(-c3cccc(-c4ccc5c6ccccc6c6ccccc6c5c4)c3)c2)=NC1c1cccc2oc3ccc(-c4ccc5c(c4)oc4ccccc45)cc3c12. The lowest BCUT2D eigenvalue weighted by atomic mass is 9.91. The van der Waals surface area contributed by atoms with E-state index in [0.29, 0.717) is 5.84 Å². The molecule has 1 unspecified atom stereocenters. The van der Waals surface area contributed by atoms with Crippen molar-refractivity contribution in [2.75, 3.05) is 0 Å². The Hall–Kier alpha value is -10.1. The Balaban J connectivity index is 0.830. The average Bonchev–Trinajstić information content (AvgIpc) is 4.15. The zero-order valence-electron chi connectivity index (χ0n) is 41.8. The highest BCUT2D eigenvalue weighted by Crippen LogP contribution is 2.43. The number of hydrogen-bond donors (Lipinski definition) is 0. The highest BCUT2D eigenvalue weighted by Gasteiger charge is 2.25. The van der Waals surface area contributed by atoms with E-state index in [-0.39, 0.29) is 0 Å². The van der Waals surface area contributed by atoms with Crippen LogP contribution in [-0.2, 0) is 0 Å². The Morgan fingerprint density at radius 3 is 1.36 bits per heavy atom. The quantitative estimate of drug-likeness (QED) is 0.156. The van der Waals surface area contributed by atoms with E-state index >= 15 is 0 Å². The van der Waals surface area contributed by atoms with Gasteiger partial charge in [-0.2, -0.15) is 0 Å². The summed E-state index contributed by atoms with van der Waals surface area (Å²) in [5.41, 5.74) is 16.5. The van der Waals surface area contributed by atoms with Crippen LogP contribution in [0.3, 0.4) is 0 Å². The summed E-state index contributed by atoms with van der Waals surface area (Å²) < 4.78 is 19.4. The molecule has 0 bridgehead atoms. The van der Waals surface area contributed by atoms with Gasteiger partial charge in [0.1, 0.15) is 33.5 Å². The van der Waals surface area contributed by atoms with Gasteiger partial charge in [-0.15, -0.1) is 0 Å². The first-order valence-corrected chi connectivity index (χ1v) is 26.2. The number of amidine groups is 1. The van der Waals surface area contributed by atoms with Crippen LogP contribution in [0.25, 0.3) is 132 Å². The zero-order valence-corrected chi connectivity index (χ0v) is 41.8. The molecule has 0 N–H and O–H groups in total. The van der Waals surface area contributed by atoms with Crippen molar-refractivity contribution in [3.63, 3.8) is 0 Å². The lowest BCUT2D eigenvalue weighted by Crippen LogP contribution is -2.05. The van der Waals surface area contributed by atoms with Gasteiger partial charge < -0.3 is 13.3 Å². The van der Waals surface area contributed by atoms with Crippen molar-refractivity contribution >= 4 is 110 Å². The van der Waals surface area contributed by atoms with Gasteiger partial charge in [0.05, 0.1) is 11.8 Å². The van der Waals surface area contributed by atoms with Crippen molar-refractivity contribution in [1.82, 2.24) is 0 Å². The molecule has 0 saturated carbocycles. The number of rotatable bonds is 6. The summed E-state index contributed by atoms with van der Waals surface area (Å²) in [6.45, 7) is 2.17. The largest absolute Gasteiger partial charge is 0.456 e. The molecule has 0 fully saturated rings. The number of furan rings is 3. The minimum Gasteiger partial charge on any atom is -0.456 e. The van der Waals surface area contributed by atoms with Gasteiger partial charge in [0.2, 0.25) is 0 Å². The Morgan fingerprint density at radius 1 is 0.299 bits per heavy atom. The van der Waals surface area contributed by atoms with Gasteiger partial charge >= 0.3 is 0 Å². The summed E-state index contributed by atoms with van der Waals surface area (Å²) >= 11 is 0. The Bertz CT molecular complexity index is 5040. The fourth-order valence-electron chi connectivity index (χ4n) is 12.2. The highest BCUT2D eigenvalue weighted by atomic mass is 16.3. The normalized spacial score (nSPS) is 14.1. The number of nitrogens with zero attached hydrogens (tertiary/aromatic N) is 2. The summed E-state index contributed by atoms with van der Waals surface area (Å²) in [5, 5.41) is 14.0. The number of para-hydroxylation sites is 2. The summed E-state index contributed by atoms with van der Waals surface area (Å²) in [7, 11) is 0. The number of aliphatic imine (C=N–C) groups is 2. The molecule has 0 radical (unpaired) electrons. The molecule has 0 amide bonds. The van der Waals surface area contributed by atoms with Gasteiger partial charge in [0.25, 0.3) is 0 Å². The molecule has 77 heavy (non-hydrogen) atoms. The Kier molecular flexibility index (Phi) is 9.54. The molecule has 12 aromatic carbocycles. The third-order valence-corrected chi connectivity index (χ3v) is 15.9. The van der Waals surface area contributed by atoms with Gasteiger partial charge in [0, 0.05) is 43.4 Å². The fourth-order valence-corrected chi connectivity index (χ4v) is 12.2. The van der Waals surface area contributed by atoms with Crippen molar-refractivity contribution in [1.29, 1.82) is 0 Å². The second kappa shape index (κ2) is 17.0. The maximum absolute atomic E-state index is 6.66. The third kappa shape index (κ3) is 7.01. The minimum absolute atomic E-state index is 0.394. The molecule has 5 heteroatoms. The smallest absolute Gasteiger partial charge is 0.156 e. The molecule has 1 aliphatic rings. The summed E-state index contributed by atoms with van der Waals surface area (Å²) in [4.78, 5) is 11.2. The minimum atomic E-state index is -0.394. The van der Waals surface area contributed by atoms with E-state index in [1.807, 2.05) is 24.3 Å². The summed E-state index contributed by atoms with van der Waals surface area (Å²) in [6, 6.07) is 83.7. The van der Waals surface area contributed by atoms with Crippen LogP contribution in [0.2, 0.25) is 0 Å². The average molecular weight is 985 g/mol. The van der Waals surface area contributed by atoms with Crippen molar-refractivity contribution in [2.45, 2.75) is 13.0 Å². The Labute approximate surface area is 442 Å². The topological polar surface area (TPSA) is 64.1 Å². The zero-order chi connectivity index (χ0) is 50.7. The van der Waals surface area contributed by atoms with Crippen LogP contribution in [0.15, 0.2) is 271 Å². The molecule has 5 nitrogen and oxygen atoms in total. The monoisotopic (exact) mass is 984 g/mol. The van der Waals surface area contributed by atoms with Gasteiger partial charge in [0.15, 0.2) is 5.84 Å². The first kappa shape index (κ1) is 43.3. The third-order valence-electron chi connectivity index (χ3n) is 15.9. The van der Waals surface area contributed by atoms with Crippen molar-refractivity contribution in [3.05, 3.63) is 265 Å².